The lowest BCUT2D eigenvalue weighted by molar-refractivity contribution is 0.592. The predicted octanol–water partition coefficient (Wildman–Crippen LogP) is 2.29. The third kappa shape index (κ3) is 4.87. The van der Waals surface area contributed by atoms with Gasteiger partial charge in [-0.2, -0.15) is 0 Å². The molecule has 0 saturated carbocycles. The second-order valence-electron chi connectivity index (χ2n) is 2.26. The summed E-state index contributed by atoms with van der Waals surface area (Å²) in [6.07, 6.45) is 0. The molecule has 0 unspecified atom stereocenters. The van der Waals surface area contributed by atoms with Crippen molar-refractivity contribution in [3.8, 4) is 0 Å². The van der Waals surface area contributed by atoms with Crippen LogP contribution in [0.15, 0.2) is 0 Å². The predicted molar refractivity (Wildman–Crippen MR) is 45.3 cm³/mol. The Kier molecular flexibility index (Phi) is 5.43. The van der Waals surface area contributed by atoms with Crippen molar-refractivity contribution in [2.45, 2.75) is 39.0 Å². The third-order valence-corrected chi connectivity index (χ3v) is 5.50. The highest BCUT2D eigenvalue weighted by Gasteiger charge is 2.09. The van der Waals surface area contributed by atoms with Crippen LogP contribution in [0.5, 0.6) is 0 Å². The minimum atomic E-state index is -0.412. The number of rotatable bonds is 4. The van der Waals surface area contributed by atoms with E-state index < -0.39 is 9.04 Å². The molecule has 0 amide bonds. The SMILES string of the molecule is CC[Si](CC)O[Si](C)C. The molecule has 0 N–H and O–H groups in total. The van der Waals surface area contributed by atoms with Gasteiger partial charge in [-0.1, -0.05) is 13.8 Å². The molecule has 0 aliphatic rings. The van der Waals surface area contributed by atoms with E-state index >= 15 is 0 Å². The van der Waals surface area contributed by atoms with Gasteiger partial charge in [-0.15, -0.1) is 0 Å². The van der Waals surface area contributed by atoms with Gasteiger partial charge in [-0.25, -0.2) is 0 Å². The van der Waals surface area contributed by atoms with Crippen molar-refractivity contribution in [1.29, 1.82) is 0 Å². The molecule has 0 rings (SSSR count). The summed E-state index contributed by atoms with van der Waals surface area (Å²) in [5, 5.41) is 0. The van der Waals surface area contributed by atoms with Crippen molar-refractivity contribution in [3.05, 3.63) is 0 Å². The molecule has 0 aromatic heterocycles. The molecule has 54 valence electrons. The van der Waals surface area contributed by atoms with E-state index in [9.17, 15) is 0 Å². The normalized spacial score (nSPS) is 11.3. The van der Waals surface area contributed by atoms with Crippen LogP contribution >= 0.6 is 0 Å². The quantitative estimate of drug-likeness (QED) is 0.573. The van der Waals surface area contributed by atoms with Crippen molar-refractivity contribution in [2.24, 2.45) is 0 Å². The van der Waals surface area contributed by atoms with Crippen LogP contribution in [0.1, 0.15) is 13.8 Å². The first-order chi connectivity index (χ1) is 4.20. The molecule has 0 fully saturated rings. The molecule has 0 aliphatic carbocycles. The van der Waals surface area contributed by atoms with E-state index in [1.165, 1.54) is 12.1 Å². The van der Waals surface area contributed by atoms with Gasteiger partial charge in [0, 0.05) is 0 Å². The van der Waals surface area contributed by atoms with Gasteiger partial charge < -0.3 is 4.12 Å². The van der Waals surface area contributed by atoms with E-state index in [4.69, 9.17) is 4.12 Å². The maximum atomic E-state index is 5.75. The Morgan fingerprint density at radius 2 is 1.56 bits per heavy atom. The largest absolute Gasteiger partial charge is 0.456 e. The van der Waals surface area contributed by atoms with E-state index in [0.717, 1.165) is 0 Å². The van der Waals surface area contributed by atoms with Gasteiger partial charge in [0.15, 0.2) is 18.1 Å². The van der Waals surface area contributed by atoms with Crippen molar-refractivity contribution in [3.63, 3.8) is 0 Å². The molecule has 2 radical (unpaired) electrons. The molecule has 1 nitrogen and oxygen atoms in total. The monoisotopic (exact) mass is 160 g/mol. The summed E-state index contributed by atoms with van der Waals surface area (Å²) in [5.41, 5.74) is 0. The fourth-order valence-corrected chi connectivity index (χ4v) is 4.65. The Morgan fingerprint density at radius 3 is 1.67 bits per heavy atom. The van der Waals surface area contributed by atoms with Crippen molar-refractivity contribution < 1.29 is 4.12 Å². The fraction of sp³-hybridized carbons (Fsp3) is 1.00. The number of hydrogen-bond donors (Lipinski definition) is 0. The van der Waals surface area contributed by atoms with Crippen LogP contribution in [0, 0.1) is 0 Å². The standard InChI is InChI=1S/C6H16OSi2/c1-5-9(6-2)7-8(3)4/h5-6H2,1-4H3. The minimum Gasteiger partial charge on any atom is -0.456 e. The van der Waals surface area contributed by atoms with Crippen LogP contribution in [-0.4, -0.2) is 18.1 Å². The van der Waals surface area contributed by atoms with E-state index in [-0.39, 0.29) is 9.04 Å². The maximum Gasteiger partial charge on any atom is 0.197 e. The molecule has 9 heavy (non-hydrogen) atoms. The fourth-order valence-electron chi connectivity index (χ4n) is 0.683. The highest BCUT2D eigenvalue weighted by molar-refractivity contribution is 6.64. The van der Waals surface area contributed by atoms with Gasteiger partial charge in [0.2, 0.25) is 0 Å². The van der Waals surface area contributed by atoms with E-state index in [1.807, 2.05) is 0 Å². The zero-order chi connectivity index (χ0) is 7.28. The average Bonchev–Trinajstić information content (AvgIpc) is 1.82. The first kappa shape index (κ1) is 9.39. The first-order valence-electron chi connectivity index (χ1n) is 3.53. The lowest BCUT2D eigenvalue weighted by Gasteiger charge is -2.12. The van der Waals surface area contributed by atoms with Crippen LogP contribution in [-0.2, 0) is 4.12 Å². The van der Waals surface area contributed by atoms with Crippen LogP contribution in [0.2, 0.25) is 25.2 Å². The van der Waals surface area contributed by atoms with Crippen molar-refractivity contribution in [1.82, 2.24) is 0 Å². The smallest absolute Gasteiger partial charge is 0.197 e. The Hall–Kier alpha value is 0.394. The molecule has 0 bridgehead atoms. The van der Waals surface area contributed by atoms with Gasteiger partial charge in [0.05, 0.1) is 0 Å². The molecular weight excluding hydrogens is 144 g/mol. The van der Waals surface area contributed by atoms with Crippen molar-refractivity contribution in [2.75, 3.05) is 0 Å². The Labute approximate surface area is 61.9 Å². The molecular formula is C6H16OSi2. The minimum absolute atomic E-state index is 0.378. The van der Waals surface area contributed by atoms with Crippen LogP contribution in [0.4, 0.5) is 0 Å². The summed E-state index contributed by atoms with van der Waals surface area (Å²) in [5.74, 6) is 0. The summed E-state index contributed by atoms with van der Waals surface area (Å²) < 4.78 is 5.75. The highest BCUT2D eigenvalue weighted by Crippen LogP contribution is 2.01. The van der Waals surface area contributed by atoms with Gasteiger partial charge in [0.25, 0.3) is 0 Å². The van der Waals surface area contributed by atoms with Gasteiger partial charge in [-0.3, -0.25) is 0 Å². The van der Waals surface area contributed by atoms with E-state index in [2.05, 4.69) is 26.9 Å². The van der Waals surface area contributed by atoms with Crippen LogP contribution in [0.3, 0.4) is 0 Å². The Balaban J connectivity index is 3.31. The van der Waals surface area contributed by atoms with Crippen LogP contribution in [0.25, 0.3) is 0 Å². The second kappa shape index (κ2) is 5.20. The molecule has 3 heteroatoms. The lowest BCUT2D eigenvalue weighted by atomic mass is 11.0. The second-order valence-corrected chi connectivity index (χ2v) is 7.38. The summed E-state index contributed by atoms with van der Waals surface area (Å²) >= 11 is 0. The lowest BCUT2D eigenvalue weighted by Crippen LogP contribution is -2.22. The van der Waals surface area contributed by atoms with Gasteiger partial charge in [-0.05, 0) is 25.2 Å². The zero-order valence-corrected chi connectivity index (χ0v) is 8.82. The van der Waals surface area contributed by atoms with Crippen molar-refractivity contribution >= 4 is 18.1 Å². The topological polar surface area (TPSA) is 9.23 Å². The molecule has 0 saturated heterocycles. The summed E-state index contributed by atoms with van der Waals surface area (Å²) in [6.45, 7) is 8.87. The summed E-state index contributed by atoms with van der Waals surface area (Å²) in [7, 11) is -0.790. The highest BCUT2D eigenvalue weighted by atomic mass is 28.4. The molecule has 0 heterocycles. The Morgan fingerprint density at radius 1 is 1.11 bits per heavy atom. The third-order valence-electron chi connectivity index (χ3n) is 1.14. The van der Waals surface area contributed by atoms with E-state index in [1.54, 1.807) is 0 Å². The average molecular weight is 160 g/mol. The first-order valence-corrected chi connectivity index (χ1v) is 7.76. The molecule has 0 atom stereocenters. The zero-order valence-electron chi connectivity index (χ0n) is 6.82. The van der Waals surface area contributed by atoms with Gasteiger partial charge >= 0.3 is 0 Å². The summed E-state index contributed by atoms with van der Waals surface area (Å²) in [4.78, 5) is 0. The molecule has 0 aromatic rings. The maximum absolute atomic E-state index is 5.75. The summed E-state index contributed by atoms with van der Waals surface area (Å²) in [6, 6.07) is 2.52. The molecule has 0 aliphatic heterocycles. The molecule has 0 spiro atoms. The van der Waals surface area contributed by atoms with Crippen LogP contribution < -0.4 is 0 Å². The van der Waals surface area contributed by atoms with Gasteiger partial charge in [0.1, 0.15) is 0 Å². The number of hydrogen-bond acceptors (Lipinski definition) is 1. The molecule has 0 aromatic carbocycles. The Bertz CT molecular complexity index is 62.1. The van der Waals surface area contributed by atoms with E-state index in [0.29, 0.717) is 0 Å².